The molecule has 0 unspecified atom stereocenters. The third-order valence-corrected chi connectivity index (χ3v) is 8.14. The number of carbonyl (C=O) groups excluding carboxylic acids is 1. The van der Waals surface area contributed by atoms with Gasteiger partial charge >= 0.3 is 0 Å². The highest BCUT2D eigenvalue weighted by atomic mass is 28.3. The van der Waals surface area contributed by atoms with E-state index in [1.165, 1.54) is 22.5 Å². The maximum Gasteiger partial charge on any atom is 0.230 e. The number of benzene rings is 3. The van der Waals surface area contributed by atoms with Crippen LogP contribution in [0, 0.1) is 11.5 Å². The van der Waals surface area contributed by atoms with Gasteiger partial charge in [-0.3, -0.25) is 4.79 Å². The van der Waals surface area contributed by atoms with Crippen LogP contribution in [0.15, 0.2) is 91.0 Å². The molecule has 0 amide bonds. The average molecular weight is 326 g/mol. The molecular weight excluding hydrogens is 308 g/mol. The lowest BCUT2D eigenvalue weighted by atomic mass is 10.3. The largest absolute Gasteiger partial charge is 0.285 e. The molecule has 0 aliphatic rings. The number of hydrogen-bond acceptors (Lipinski definition) is 1. The lowest BCUT2D eigenvalue weighted by Crippen LogP contribution is -2.66. The molecule has 2 heteroatoms. The fourth-order valence-electron chi connectivity index (χ4n) is 2.96. The van der Waals surface area contributed by atoms with Gasteiger partial charge < -0.3 is 0 Å². The zero-order valence-electron chi connectivity index (χ0n) is 13.6. The summed E-state index contributed by atoms with van der Waals surface area (Å²) >= 11 is 0. The number of carbonyl (C=O) groups is 1. The van der Waals surface area contributed by atoms with Crippen LogP contribution in [0.4, 0.5) is 0 Å². The van der Waals surface area contributed by atoms with Crippen LogP contribution in [-0.2, 0) is 4.79 Å². The second kappa shape index (κ2) is 7.12. The van der Waals surface area contributed by atoms with Crippen LogP contribution >= 0.6 is 0 Å². The Morgan fingerprint density at radius 3 is 1.29 bits per heavy atom. The Balaban J connectivity index is 2.38. The molecule has 0 saturated heterocycles. The Labute approximate surface area is 144 Å². The van der Waals surface area contributed by atoms with Crippen molar-refractivity contribution < 1.29 is 4.79 Å². The number of rotatable bonds is 3. The fraction of sp³-hybridized carbons (Fsp3) is 0.0455. The Kier molecular flexibility index (Phi) is 4.74. The van der Waals surface area contributed by atoms with Crippen molar-refractivity contribution in [3.05, 3.63) is 91.0 Å². The molecule has 3 aromatic rings. The van der Waals surface area contributed by atoms with Gasteiger partial charge in [-0.05, 0) is 21.5 Å². The molecule has 0 aliphatic carbocycles. The first kappa shape index (κ1) is 16.0. The first-order valence-electron chi connectivity index (χ1n) is 7.94. The summed E-state index contributed by atoms with van der Waals surface area (Å²) in [6.45, 7) is 1.52. The molecule has 0 spiro atoms. The number of Topliss-reactive ketones (excluding diaryl/α,β-unsaturated/α-hetero) is 1. The third kappa shape index (κ3) is 3.08. The molecule has 24 heavy (non-hydrogen) atoms. The normalized spacial score (nSPS) is 10.5. The van der Waals surface area contributed by atoms with E-state index in [0.29, 0.717) is 0 Å². The first-order valence-corrected chi connectivity index (χ1v) is 9.94. The van der Waals surface area contributed by atoms with Gasteiger partial charge in [0.05, 0.1) is 0 Å². The lowest BCUT2D eigenvalue weighted by Gasteiger charge is -2.28. The molecule has 116 valence electrons. The molecule has 1 nitrogen and oxygen atoms in total. The smallest absolute Gasteiger partial charge is 0.230 e. The SMILES string of the molecule is CC(=O)C#C[Si](c1ccccc1)(c1ccccc1)c1ccccc1. The van der Waals surface area contributed by atoms with Crippen molar-refractivity contribution in [2.75, 3.05) is 0 Å². The summed E-state index contributed by atoms with van der Waals surface area (Å²) in [6.07, 6.45) is 0. The van der Waals surface area contributed by atoms with E-state index in [-0.39, 0.29) is 5.78 Å². The molecule has 3 aromatic carbocycles. The van der Waals surface area contributed by atoms with Crippen molar-refractivity contribution in [3.8, 4) is 11.5 Å². The van der Waals surface area contributed by atoms with E-state index < -0.39 is 8.07 Å². The van der Waals surface area contributed by atoms with Gasteiger partial charge in [0.25, 0.3) is 0 Å². The molecule has 0 radical (unpaired) electrons. The zero-order valence-corrected chi connectivity index (χ0v) is 14.6. The summed E-state index contributed by atoms with van der Waals surface area (Å²) in [4.78, 5) is 11.6. The quantitative estimate of drug-likeness (QED) is 0.410. The van der Waals surface area contributed by atoms with Crippen molar-refractivity contribution in [3.63, 3.8) is 0 Å². The van der Waals surface area contributed by atoms with E-state index >= 15 is 0 Å². The van der Waals surface area contributed by atoms with Crippen molar-refractivity contribution in [2.24, 2.45) is 0 Å². The Morgan fingerprint density at radius 2 is 1.00 bits per heavy atom. The van der Waals surface area contributed by atoms with E-state index in [4.69, 9.17) is 0 Å². The summed E-state index contributed by atoms with van der Waals surface area (Å²) in [5.74, 6) is 2.75. The minimum Gasteiger partial charge on any atom is -0.285 e. The molecule has 0 heterocycles. The summed E-state index contributed by atoms with van der Waals surface area (Å²) < 4.78 is 0. The molecule has 0 N–H and O–H groups in total. The van der Waals surface area contributed by atoms with Crippen molar-refractivity contribution >= 4 is 29.4 Å². The fourth-order valence-corrected chi connectivity index (χ4v) is 6.84. The molecule has 0 aliphatic heterocycles. The van der Waals surface area contributed by atoms with Crippen molar-refractivity contribution in [2.45, 2.75) is 6.92 Å². The zero-order chi connectivity index (χ0) is 16.8. The molecule has 3 rings (SSSR count). The Morgan fingerprint density at radius 1 is 0.667 bits per heavy atom. The molecular formula is C22H18OSi. The second-order valence-electron chi connectivity index (χ2n) is 5.65. The third-order valence-electron chi connectivity index (χ3n) is 4.05. The van der Waals surface area contributed by atoms with E-state index in [9.17, 15) is 4.79 Å². The van der Waals surface area contributed by atoms with Gasteiger partial charge in [0.1, 0.15) is 0 Å². The van der Waals surface area contributed by atoms with Gasteiger partial charge in [0.15, 0.2) is 0 Å². The number of ketones is 1. The van der Waals surface area contributed by atoms with Gasteiger partial charge in [0.2, 0.25) is 13.9 Å². The van der Waals surface area contributed by atoms with Crippen LogP contribution in [0.3, 0.4) is 0 Å². The summed E-state index contributed by atoms with van der Waals surface area (Å²) in [5.41, 5.74) is 3.42. The first-order chi connectivity index (χ1) is 11.7. The monoisotopic (exact) mass is 326 g/mol. The Hall–Kier alpha value is -2.89. The molecule has 0 fully saturated rings. The summed E-state index contributed by atoms with van der Waals surface area (Å²) in [7, 11) is -2.57. The maximum atomic E-state index is 11.6. The predicted molar refractivity (Wildman–Crippen MR) is 102 cm³/mol. The molecule has 0 aromatic heterocycles. The van der Waals surface area contributed by atoms with E-state index in [2.05, 4.69) is 47.9 Å². The van der Waals surface area contributed by atoms with Crippen LogP contribution in [0.2, 0.25) is 0 Å². The Bertz CT molecular complexity index is 778. The highest BCUT2D eigenvalue weighted by Gasteiger charge is 2.38. The van der Waals surface area contributed by atoms with Gasteiger partial charge in [-0.1, -0.05) is 91.0 Å². The number of hydrogen-bond donors (Lipinski definition) is 0. The highest BCUT2D eigenvalue weighted by molar-refractivity contribution is 7.16. The van der Waals surface area contributed by atoms with Gasteiger partial charge in [-0.2, -0.15) is 0 Å². The van der Waals surface area contributed by atoms with Crippen molar-refractivity contribution in [1.82, 2.24) is 0 Å². The van der Waals surface area contributed by atoms with Gasteiger partial charge in [0, 0.05) is 6.92 Å². The van der Waals surface area contributed by atoms with E-state index in [1.54, 1.807) is 0 Å². The minimum absolute atomic E-state index is 0.102. The van der Waals surface area contributed by atoms with Crippen LogP contribution < -0.4 is 15.6 Å². The second-order valence-corrected chi connectivity index (χ2v) is 9.14. The maximum absolute atomic E-state index is 11.6. The van der Waals surface area contributed by atoms with Crippen LogP contribution in [0.5, 0.6) is 0 Å². The van der Waals surface area contributed by atoms with E-state index in [1.807, 2.05) is 54.6 Å². The predicted octanol–water partition coefficient (Wildman–Crippen LogP) is 2.29. The van der Waals surface area contributed by atoms with Crippen molar-refractivity contribution in [1.29, 1.82) is 0 Å². The highest BCUT2D eigenvalue weighted by Crippen LogP contribution is 2.07. The summed E-state index contributed by atoms with van der Waals surface area (Å²) in [5, 5.41) is 3.57. The topological polar surface area (TPSA) is 17.1 Å². The lowest BCUT2D eigenvalue weighted by molar-refractivity contribution is -0.111. The standard InChI is InChI=1S/C22H18OSi/c1-19(23)17-18-24(20-11-5-2-6-12-20,21-13-7-3-8-14-21)22-15-9-4-10-16-22/h2-16H,1H3. The van der Waals surface area contributed by atoms with Crippen LogP contribution in [-0.4, -0.2) is 13.9 Å². The van der Waals surface area contributed by atoms with Crippen LogP contribution in [0.1, 0.15) is 6.92 Å². The summed E-state index contributed by atoms with van der Waals surface area (Å²) in [6, 6.07) is 31.0. The van der Waals surface area contributed by atoms with E-state index in [0.717, 1.165) is 0 Å². The molecule has 0 bridgehead atoms. The molecule has 0 atom stereocenters. The van der Waals surface area contributed by atoms with Crippen LogP contribution in [0.25, 0.3) is 0 Å². The van der Waals surface area contributed by atoms with Gasteiger partial charge in [-0.15, -0.1) is 5.54 Å². The van der Waals surface area contributed by atoms with Gasteiger partial charge in [-0.25, -0.2) is 0 Å². The average Bonchev–Trinajstić information content (AvgIpc) is 2.65. The molecule has 0 saturated carbocycles. The minimum atomic E-state index is -2.57.